The summed E-state index contributed by atoms with van der Waals surface area (Å²) in [6, 6.07) is 3.11. The van der Waals surface area contributed by atoms with E-state index in [-0.39, 0.29) is 23.3 Å². The number of anilines is 1. The summed E-state index contributed by atoms with van der Waals surface area (Å²) < 4.78 is 14.4. The summed E-state index contributed by atoms with van der Waals surface area (Å²) in [5.41, 5.74) is 9.62. The highest BCUT2D eigenvalue weighted by Gasteiger charge is 2.34. The van der Waals surface area contributed by atoms with Crippen LogP contribution in [0.1, 0.15) is 43.1 Å². The lowest BCUT2D eigenvalue weighted by molar-refractivity contribution is 0.0943. The molecule has 2 aromatic heterocycles. The van der Waals surface area contributed by atoms with Gasteiger partial charge in [0.05, 0.1) is 22.3 Å². The highest BCUT2D eigenvalue weighted by atomic mass is 19.1. The molecule has 0 spiro atoms. The van der Waals surface area contributed by atoms with E-state index < -0.39 is 0 Å². The minimum Gasteiger partial charge on any atom is -0.368 e. The Kier molecular flexibility index (Phi) is 4.97. The Morgan fingerprint density at radius 3 is 2.77 bits per heavy atom. The Morgan fingerprint density at radius 1 is 1.37 bits per heavy atom. The molecule has 3 aromatic rings. The number of aromatic nitrogens is 3. The van der Waals surface area contributed by atoms with Gasteiger partial charge in [-0.2, -0.15) is 0 Å². The van der Waals surface area contributed by atoms with Crippen molar-refractivity contribution in [2.45, 2.75) is 45.7 Å². The van der Waals surface area contributed by atoms with Crippen LogP contribution in [0.5, 0.6) is 0 Å². The topological polar surface area (TPSA) is 99.9 Å². The van der Waals surface area contributed by atoms with Crippen LogP contribution >= 0.6 is 0 Å². The monoisotopic (exact) mass is 410 g/mol. The standard InChI is InChI=1S/C22H27FN6O/c1-12(2)26-21(30)15-10-25-9-14(19(15)29-8-7-22(4,24)11-29)20-27-17-13(3)5-6-16(23)18(17)28-20/h5-6,9-10,12H,7-8,11,24H2,1-4H3,(H,26,30)(H,27,28)/t22-/m0/s1. The van der Waals surface area contributed by atoms with Crippen LogP contribution in [0.15, 0.2) is 24.5 Å². The number of carbonyl (C=O) groups is 1. The van der Waals surface area contributed by atoms with Crippen LogP contribution in [0, 0.1) is 12.7 Å². The van der Waals surface area contributed by atoms with E-state index in [2.05, 4.69) is 25.2 Å². The third-order valence-corrected chi connectivity index (χ3v) is 5.45. The SMILES string of the molecule is Cc1ccc(F)c2[nH]c(-c3cncc(C(=O)NC(C)C)c3N3CC[C@](C)(N)C3)nc12. The Bertz CT molecular complexity index is 1080. The zero-order valence-electron chi connectivity index (χ0n) is 17.7. The molecule has 158 valence electrons. The Hall–Kier alpha value is -3.00. The smallest absolute Gasteiger partial charge is 0.255 e. The highest BCUT2D eigenvalue weighted by Crippen LogP contribution is 2.37. The number of halogens is 1. The van der Waals surface area contributed by atoms with Gasteiger partial charge in [0.2, 0.25) is 0 Å². The summed E-state index contributed by atoms with van der Waals surface area (Å²) in [5.74, 6) is -0.0998. The maximum Gasteiger partial charge on any atom is 0.255 e. The minimum absolute atomic E-state index is 0.0182. The normalized spacial score (nSPS) is 19.1. The van der Waals surface area contributed by atoms with Crippen LogP contribution < -0.4 is 16.0 Å². The zero-order chi connectivity index (χ0) is 21.6. The van der Waals surface area contributed by atoms with Crippen molar-refractivity contribution in [3.63, 3.8) is 0 Å². The molecule has 0 aliphatic carbocycles. The summed E-state index contributed by atoms with van der Waals surface area (Å²) in [6.07, 6.45) is 4.03. The van der Waals surface area contributed by atoms with Gasteiger partial charge < -0.3 is 20.9 Å². The van der Waals surface area contributed by atoms with E-state index in [0.29, 0.717) is 41.1 Å². The molecule has 30 heavy (non-hydrogen) atoms. The number of nitrogens with one attached hydrogen (secondary N) is 2. The summed E-state index contributed by atoms with van der Waals surface area (Å²) in [4.78, 5) is 27.1. The van der Waals surface area contributed by atoms with Gasteiger partial charge >= 0.3 is 0 Å². The summed E-state index contributed by atoms with van der Waals surface area (Å²) in [6.45, 7) is 9.01. The van der Waals surface area contributed by atoms with Gasteiger partial charge in [0.25, 0.3) is 5.91 Å². The fraction of sp³-hybridized carbons (Fsp3) is 0.409. The zero-order valence-corrected chi connectivity index (χ0v) is 17.7. The highest BCUT2D eigenvalue weighted by molar-refractivity contribution is 6.03. The lowest BCUT2D eigenvalue weighted by Gasteiger charge is -2.26. The molecule has 1 amide bonds. The van der Waals surface area contributed by atoms with Gasteiger partial charge in [0.15, 0.2) is 0 Å². The molecule has 8 heteroatoms. The quantitative estimate of drug-likeness (QED) is 0.614. The molecule has 1 atom stereocenters. The molecule has 3 heterocycles. The van der Waals surface area contributed by atoms with Crippen molar-refractivity contribution in [1.82, 2.24) is 20.3 Å². The molecule has 1 saturated heterocycles. The number of aromatic amines is 1. The van der Waals surface area contributed by atoms with E-state index in [4.69, 9.17) is 5.73 Å². The van der Waals surface area contributed by atoms with Crippen LogP contribution in [-0.4, -0.2) is 45.5 Å². The van der Waals surface area contributed by atoms with Crippen molar-refractivity contribution >= 4 is 22.6 Å². The molecule has 1 aliphatic rings. The van der Waals surface area contributed by atoms with Crippen molar-refractivity contribution in [1.29, 1.82) is 0 Å². The molecule has 0 saturated carbocycles. The number of imidazole rings is 1. The molecule has 1 fully saturated rings. The van der Waals surface area contributed by atoms with Gasteiger partial charge in [-0.25, -0.2) is 9.37 Å². The summed E-state index contributed by atoms with van der Waals surface area (Å²) in [5, 5.41) is 2.94. The molecule has 0 radical (unpaired) electrons. The first-order chi connectivity index (χ1) is 14.2. The second-order valence-electron chi connectivity index (χ2n) is 8.71. The molecule has 1 aromatic carbocycles. The first-order valence-corrected chi connectivity index (χ1v) is 10.1. The van der Waals surface area contributed by atoms with Crippen LogP contribution in [0.4, 0.5) is 10.1 Å². The Labute approximate surface area is 174 Å². The third-order valence-electron chi connectivity index (χ3n) is 5.45. The molecule has 1 aliphatic heterocycles. The maximum atomic E-state index is 14.4. The van der Waals surface area contributed by atoms with Gasteiger partial charge in [-0.05, 0) is 45.7 Å². The Morgan fingerprint density at radius 2 is 2.13 bits per heavy atom. The predicted octanol–water partition coefficient (Wildman–Crippen LogP) is 3.14. The number of fused-ring (bicyclic) bond motifs is 1. The van der Waals surface area contributed by atoms with E-state index in [1.54, 1.807) is 18.5 Å². The van der Waals surface area contributed by atoms with Crippen LogP contribution in [-0.2, 0) is 0 Å². The molecule has 0 unspecified atom stereocenters. The first-order valence-electron chi connectivity index (χ1n) is 10.1. The van der Waals surface area contributed by atoms with E-state index in [1.807, 2.05) is 27.7 Å². The van der Waals surface area contributed by atoms with Gasteiger partial charge in [-0.15, -0.1) is 0 Å². The maximum absolute atomic E-state index is 14.4. The number of nitrogens with two attached hydrogens (primary N) is 1. The number of hydrogen-bond donors (Lipinski definition) is 3. The Balaban J connectivity index is 1.91. The van der Waals surface area contributed by atoms with E-state index >= 15 is 0 Å². The van der Waals surface area contributed by atoms with Crippen LogP contribution in [0.25, 0.3) is 22.4 Å². The molecule has 0 bridgehead atoms. The van der Waals surface area contributed by atoms with Crippen molar-refractivity contribution in [2.24, 2.45) is 5.73 Å². The number of hydrogen-bond acceptors (Lipinski definition) is 5. The number of amides is 1. The molecular formula is C22H27FN6O. The second kappa shape index (κ2) is 7.36. The molecular weight excluding hydrogens is 383 g/mol. The molecule has 4 rings (SSSR count). The van der Waals surface area contributed by atoms with Crippen molar-refractivity contribution in [3.05, 3.63) is 41.5 Å². The lowest BCUT2D eigenvalue weighted by atomic mass is 10.0. The second-order valence-corrected chi connectivity index (χ2v) is 8.71. The van der Waals surface area contributed by atoms with E-state index in [0.717, 1.165) is 17.7 Å². The number of pyridine rings is 1. The third kappa shape index (κ3) is 3.63. The predicted molar refractivity (Wildman–Crippen MR) is 116 cm³/mol. The molecule has 4 N–H and O–H groups in total. The fourth-order valence-corrected chi connectivity index (χ4v) is 3.97. The average molecular weight is 410 g/mol. The van der Waals surface area contributed by atoms with Crippen LogP contribution in [0.3, 0.4) is 0 Å². The van der Waals surface area contributed by atoms with Crippen molar-refractivity contribution in [3.8, 4) is 11.4 Å². The number of nitrogens with zero attached hydrogens (tertiary/aromatic N) is 3. The number of carbonyl (C=O) groups excluding carboxylic acids is 1. The van der Waals surface area contributed by atoms with Gasteiger partial charge in [0.1, 0.15) is 17.2 Å². The first kappa shape index (κ1) is 20.3. The van der Waals surface area contributed by atoms with Crippen molar-refractivity contribution in [2.75, 3.05) is 18.0 Å². The molecule has 7 nitrogen and oxygen atoms in total. The number of aryl methyl sites for hydroxylation is 1. The largest absolute Gasteiger partial charge is 0.368 e. The summed E-state index contributed by atoms with van der Waals surface area (Å²) >= 11 is 0. The number of benzene rings is 1. The van der Waals surface area contributed by atoms with Gasteiger partial charge in [-0.1, -0.05) is 6.07 Å². The van der Waals surface area contributed by atoms with Crippen LogP contribution in [0.2, 0.25) is 0 Å². The average Bonchev–Trinajstić information content (AvgIpc) is 3.28. The van der Waals surface area contributed by atoms with Gasteiger partial charge in [-0.3, -0.25) is 9.78 Å². The number of rotatable bonds is 4. The number of H-pyrrole nitrogens is 1. The minimum atomic E-state index is -0.367. The summed E-state index contributed by atoms with van der Waals surface area (Å²) in [7, 11) is 0. The van der Waals surface area contributed by atoms with Gasteiger partial charge in [0, 0.05) is 37.1 Å². The lowest BCUT2D eigenvalue weighted by Crippen LogP contribution is -2.40. The fourth-order valence-electron chi connectivity index (χ4n) is 3.97. The van der Waals surface area contributed by atoms with Crippen molar-refractivity contribution < 1.29 is 9.18 Å². The van der Waals surface area contributed by atoms with E-state index in [9.17, 15) is 9.18 Å². The van der Waals surface area contributed by atoms with E-state index in [1.165, 1.54) is 6.07 Å².